The molecule has 1 N–H and O–H groups in total. The molecule has 0 aliphatic rings. The van der Waals surface area contributed by atoms with Crippen molar-refractivity contribution in [3.63, 3.8) is 0 Å². The van der Waals surface area contributed by atoms with Crippen LogP contribution in [-0.2, 0) is 24.5 Å². The summed E-state index contributed by atoms with van der Waals surface area (Å²) in [5, 5.41) is 14.2. The lowest BCUT2D eigenvalue weighted by molar-refractivity contribution is -0.623. The fourth-order valence-corrected chi connectivity index (χ4v) is 0.291. The number of carbonyl (C=O) groups is 1. The maximum atomic E-state index is 10.3. The van der Waals surface area contributed by atoms with Crippen molar-refractivity contribution in [3.8, 4) is 0 Å². The molecule has 0 spiro atoms. The first-order valence-electron chi connectivity index (χ1n) is 2.70. The first-order chi connectivity index (χ1) is 5.31. The molecular formula is C5H8O6. The van der Waals surface area contributed by atoms with Gasteiger partial charge in [0.15, 0.2) is 0 Å². The van der Waals surface area contributed by atoms with Gasteiger partial charge in [-0.15, -0.1) is 0 Å². The molecule has 0 aromatic heterocycles. The van der Waals surface area contributed by atoms with Gasteiger partial charge in [-0.2, -0.15) is 0 Å². The lowest BCUT2D eigenvalue weighted by atomic mass is 10.6. The average Bonchev–Trinajstić information content (AvgIpc) is 2.04. The second-order valence-electron chi connectivity index (χ2n) is 1.34. The SMILES string of the molecule is C=CC(=O)OCCOOOO. The van der Waals surface area contributed by atoms with E-state index in [2.05, 4.69) is 26.3 Å². The molecule has 0 saturated heterocycles. The minimum absolute atomic E-state index is 0.00574. The molecule has 11 heavy (non-hydrogen) atoms. The number of carbonyl (C=O) groups excluding carboxylic acids is 1. The number of hydrogen-bond acceptors (Lipinski definition) is 6. The molecule has 0 aromatic rings. The van der Waals surface area contributed by atoms with Gasteiger partial charge in [0.2, 0.25) is 0 Å². The standard InChI is InChI=1S/C5H8O6/c1-2-5(6)8-3-4-9-11-10-7/h2,7H,1,3-4H2. The Morgan fingerprint density at radius 1 is 1.55 bits per heavy atom. The molecule has 0 radical (unpaired) electrons. The molecule has 0 fully saturated rings. The van der Waals surface area contributed by atoms with Gasteiger partial charge in [0.1, 0.15) is 13.2 Å². The van der Waals surface area contributed by atoms with Gasteiger partial charge >= 0.3 is 5.97 Å². The highest BCUT2D eigenvalue weighted by molar-refractivity contribution is 5.81. The molecule has 0 aliphatic carbocycles. The second kappa shape index (κ2) is 7.16. The van der Waals surface area contributed by atoms with Crippen molar-refractivity contribution in [1.82, 2.24) is 0 Å². The van der Waals surface area contributed by atoms with E-state index in [0.717, 1.165) is 6.08 Å². The lowest BCUT2D eigenvalue weighted by Gasteiger charge is -1.99. The average molecular weight is 164 g/mol. The number of rotatable bonds is 6. The van der Waals surface area contributed by atoms with Crippen molar-refractivity contribution in [2.75, 3.05) is 13.2 Å². The van der Waals surface area contributed by atoms with Crippen LogP contribution in [0.3, 0.4) is 0 Å². The smallest absolute Gasteiger partial charge is 0.330 e. The summed E-state index contributed by atoms with van der Waals surface area (Å²) in [5.41, 5.74) is 0. The van der Waals surface area contributed by atoms with Gasteiger partial charge in [-0.3, -0.25) is 0 Å². The highest BCUT2D eigenvalue weighted by Crippen LogP contribution is 1.82. The van der Waals surface area contributed by atoms with Gasteiger partial charge in [-0.05, 0) is 10.1 Å². The summed E-state index contributed by atoms with van der Waals surface area (Å²) in [4.78, 5) is 14.4. The number of hydrogen-bond donors (Lipinski definition) is 1. The van der Waals surface area contributed by atoms with Gasteiger partial charge in [-0.1, -0.05) is 6.58 Å². The molecule has 6 nitrogen and oxygen atoms in total. The fourth-order valence-electron chi connectivity index (χ4n) is 0.291. The maximum absolute atomic E-state index is 10.3. The van der Waals surface area contributed by atoms with Crippen LogP contribution in [0.4, 0.5) is 0 Å². The van der Waals surface area contributed by atoms with E-state index in [1.165, 1.54) is 0 Å². The van der Waals surface area contributed by atoms with E-state index < -0.39 is 5.97 Å². The first-order valence-corrected chi connectivity index (χ1v) is 2.70. The minimum atomic E-state index is -0.557. The largest absolute Gasteiger partial charge is 0.460 e. The molecule has 0 rings (SSSR count). The summed E-state index contributed by atoms with van der Waals surface area (Å²) in [7, 11) is 0. The third-order valence-electron chi connectivity index (χ3n) is 0.656. The normalized spacial score (nSPS) is 9.18. The summed E-state index contributed by atoms with van der Waals surface area (Å²) in [6.45, 7) is 3.12. The van der Waals surface area contributed by atoms with E-state index >= 15 is 0 Å². The third-order valence-corrected chi connectivity index (χ3v) is 0.656. The Morgan fingerprint density at radius 2 is 2.27 bits per heavy atom. The molecular weight excluding hydrogens is 156 g/mol. The Morgan fingerprint density at radius 3 is 2.82 bits per heavy atom. The minimum Gasteiger partial charge on any atom is -0.460 e. The van der Waals surface area contributed by atoms with Gasteiger partial charge in [0.05, 0.1) is 0 Å². The number of ether oxygens (including phenoxy) is 1. The van der Waals surface area contributed by atoms with E-state index in [4.69, 9.17) is 5.26 Å². The van der Waals surface area contributed by atoms with Crippen LogP contribution in [0.5, 0.6) is 0 Å². The van der Waals surface area contributed by atoms with E-state index in [0.29, 0.717) is 0 Å². The van der Waals surface area contributed by atoms with Crippen LogP contribution in [0.1, 0.15) is 0 Å². The van der Waals surface area contributed by atoms with Crippen LogP contribution < -0.4 is 0 Å². The Balaban J connectivity index is 3.01. The molecule has 0 aromatic carbocycles. The van der Waals surface area contributed by atoms with E-state index in [9.17, 15) is 4.79 Å². The Labute approximate surface area is 62.7 Å². The first kappa shape index (κ1) is 10.0. The van der Waals surface area contributed by atoms with Crippen molar-refractivity contribution in [2.24, 2.45) is 0 Å². The summed E-state index contributed by atoms with van der Waals surface area (Å²) in [6, 6.07) is 0. The quantitative estimate of drug-likeness (QED) is 0.197. The molecule has 0 heterocycles. The predicted molar refractivity (Wildman–Crippen MR) is 31.9 cm³/mol. The molecule has 0 bridgehead atoms. The van der Waals surface area contributed by atoms with Gasteiger partial charge in [-0.25, -0.2) is 14.9 Å². The zero-order valence-electron chi connectivity index (χ0n) is 5.69. The second-order valence-corrected chi connectivity index (χ2v) is 1.34. The van der Waals surface area contributed by atoms with E-state index in [1.54, 1.807) is 0 Å². The molecule has 6 heteroatoms. The Bertz CT molecular complexity index is 122. The van der Waals surface area contributed by atoms with E-state index in [1.807, 2.05) is 0 Å². The molecule has 0 atom stereocenters. The van der Waals surface area contributed by atoms with Gasteiger partial charge in [0, 0.05) is 6.08 Å². The Kier molecular flexibility index (Phi) is 6.54. The van der Waals surface area contributed by atoms with Crippen LogP contribution >= 0.6 is 0 Å². The van der Waals surface area contributed by atoms with Crippen molar-refractivity contribution in [2.45, 2.75) is 0 Å². The molecule has 0 amide bonds. The monoisotopic (exact) mass is 164 g/mol. The fraction of sp³-hybridized carbons (Fsp3) is 0.400. The topological polar surface area (TPSA) is 74.2 Å². The van der Waals surface area contributed by atoms with Crippen LogP contribution in [0.15, 0.2) is 12.7 Å². The lowest BCUT2D eigenvalue weighted by Crippen LogP contribution is -2.08. The highest BCUT2D eigenvalue weighted by Gasteiger charge is 1.94. The van der Waals surface area contributed by atoms with Gasteiger partial charge in [0.25, 0.3) is 0 Å². The van der Waals surface area contributed by atoms with Crippen LogP contribution in [-0.4, -0.2) is 24.4 Å². The van der Waals surface area contributed by atoms with Crippen LogP contribution in [0, 0.1) is 0 Å². The zero-order valence-corrected chi connectivity index (χ0v) is 5.69. The Hall–Kier alpha value is -0.950. The summed E-state index contributed by atoms with van der Waals surface area (Å²) in [6.07, 6.45) is 1.02. The molecule has 64 valence electrons. The highest BCUT2D eigenvalue weighted by atomic mass is 17.6. The van der Waals surface area contributed by atoms with Gasteiger partial charge < -0.3 is 4.74 Å². The van der Waals surface area contributed by atoms with Crippen molar-refractivity contribution < 1.29 is 29.8 Å². The van der Waals surface area contributed by atoms with Crippen molar-refractivity contribution in [3.05, 3.63) is 12.7 Å². The van der Waals surface area contributed by atoms with Crippen molar-refractivity contribution >= 4 is 5.97 Å². The number of esters is 1. The molecule has 0 saturated carbocycles. The summed E-state index contributed by atoms with van der Waals surface area (Å²) in [5.74, 6) is -0.557. The maximum Gasteiger partial charge on any atom is 0.330 e. The van der Waals surface area contributed by atoms with Crippen LogP contribution in [0.25, 0.3) is 0 Å². The summed E-state index contributed by atoms with van der Waals surface area (Å²) < 4.78 is 4.44. The predicted octanol–water partition coefficient (Wildman–Crippen LogP) is 0.0684. The van der Waals surface area contributed by atoms with Crippen molar-refractivity contribution in [1.29, 1.82) is 0 Å². The molecule has 0 unspecified atom stereocenters. The van der Waals surface area contributed by atoms with Crippen LogP contribution in [0.2, 0.25) is 0 Å². The van der Waals surface area contributed by atoms with E-state index in [-0.39, 0.29) is 13.2 Å². The summed E-state index contributed by atoms with van der Waals surface area (Å²) >= 11 is 0. The zero-order chi connectivity index (χ0) is 8.53. The third kappa shape index (κ3) is 6.94. The molecule has 0 aliphatic heterocycles.